The fraction of sp³-hybridized carbons (Fsp3) is 0.415. The first kappa shape index (κ1) is 41.6. The summed E-state index contributed by atoms with van der Waals surface area (Å²) < 4.78 is 5.35. The van der Waals surface area contributed by atoms with Crippen LogP contribution in [0.1, 0.15) is 68.8 Å². The number of halogens is 1. The molecule has 16 nitrogen and oxygen atoms in total. The zero-order valence-corrected chi connectivity index (χ0v) is 33.3. The number of carbonyl (C=O) groups is 5. The van der Waals surface area contributed by atoms with Gasteiger partial charge < -0.3 is 36.0 Å². The molecule has 0 unspecified atom stereocenters. The van der Waals surface area contributed by atoms with Gasteiger partial charge in [0.15, 0.2) is 0 Å². The van der Waals surface area contributed by atoms with E-state index in [0.29, 0.717) is 65.6 Å². The molecule has 1 saturated heterocycles. The highest BCUT2D eigenvalue weighted by Gasteiger charge is 2.31. The van der Waals surface area contributed by atoms with E-state index in [0.717, 1.165) is 24.0 Å². The first-order chi connectivity index (χ1) is 27.7. The van der Waals surface area contributed by atoms with Gasteiger partial charge in [0.25, 0.3) is 5.91 Å². The van der Waals surface area contributed by atoms with Crippen molar-refractivity contribution in [2.24, 2.45) is 11.8 Å². The van der Waals surface area contributed by atoms with Crippen molar-refractivity contribution >= 4 is 47.2 Å². The molecule has 0 radical (unpaired) electrons. The topological polar surface area (TPSA) is 221 Å². The Bertz CT molecular complexity index is 2080. The number of hydrogen-bond acceptors (Lipinski definition) is 9. The normalized spacial score (nSPS) is 18.5. The van der Waals surface area contributed by atoms with Crippen molar-refractivity contribution in [3.05, 3.63) is 82.9 Å². The molecule has 2 atom stereocenters. The van der Waals surface area contributed by atoms with Gasteiger partial charge in [-0.05, 0) is 112 Å². The highest BCUT2D eigenvalue weighted by atomic mass is 35.5. The molecule has 1 aliphatic heterocycles. The third-order valence-corrected chi connectivity index (χ3v) is 10.6. The summed E-state index contributed by atoms with van der Waals surface area (Å²) in [4.78, 5) is 65.1. The predicted octanol–water partition coefficient (Wildman–Crippen LogP) is 5.67. The Kier molecular flexibility index (Phi) is 13.3. The van der Waals surface area contributed by atoms with Gasteiger partial charge in [-0.1, -0.05) is 41.9 Å². The number of aromatic nitrogens is 4. The zero-order valence-electron chi connectivity index (χ0n) is 32.6. The number of carboxylic acid groups (broad SMARTS) is 1. The molecular formula is C41H48ClN9O7. The van der Waals surface area contributed by atoms with Crippen LogP contribution in [0.25, 0.3) is 22.5 Å². The van der Waals surface area contributed by atoms with Gasteiger partial charge in [-0.15, -0.1) is 10.2 Å². The molecule has 3 aromatic carbocycles. The maximum atomic E-state index is 13.8. The average molecular weight is 814 g/mol. The Morgan fingerprint density at radius 3 is 2.28 bits per heavy atom. The molecule has 5 amide bonds. The van der Waals surface area contributed by atoms with Crippen LogP contribution >= 0.6 is 11.6 Å². The van der Waals surface area contributed by atoms with E-state index in [1.165, 1.54) is 4.90 Å². The third-order valence-electron chi connectivity index (χ3n) is 10.3. The highest BCUT2D eigenvalue weighted by Crippen LogP contribution is 2.31. The summed E-state index contributed by atoms with van der Waals surface area (Å²) in [6, 6.07) is 18.3. The van der Waals surface area contributed by atoms with E-state index in [-0.39, 0.29) is 48.6 Å². The number of nitrogens with one attached hydrogen (secondary N) is 5. The molecule has 0 spiro atoms. The lowest BCUT2D eigenvalue weighted by atomic mass is 9.81. The SMILES string of the molecule is CC(C)(C)OC(=O)NC[C@H]1CC[C@H](C(=O)N[C@@H](Cc2ccc(-c3ccc(C(=O)N[C@H]4CCN(C(=O)O)C4)cc3Cl)cc2)C(=O)Nc2ccc(-c3nn[nH]n3)cc2)CC1. The van der Waals surface area contributed by atoms with Crippen LogP contribution in [0.4, 0.5) is 15.3 Å². The van der Waals surface area contributed by atoms with Crippen molar-refractivity contribution < 1.29 is 33.8 Å². The monoisotopic (exact) mass is 813 g/mol. The molecule has 1 aliphatic carbocycles. The van der Waals surface area contributed by atoms with Crippen molar-refractivity contribution in [2.45, 2.75) is 77.0 Å². The minimum atomic E-state index is -1.01. The molecule has 4 aromatic rings. The molecule has 2 heterocycles. The van der Waals surface area contributed by atoms with Crippen molar-refractivity contribution in [1.29, 1.82) is 0 Å². The molecule has 2 aliphatic rings. The van der Waals surface area contributed by atoms with E-state index in [9.17, 15) is 29.1 Å². The molecular weight excluding hydrogens is 766 g/mol. The number of benzene rings is 3. The largest absolute Gasteiger partial charge is 0.465 e. The van der Waals surface area contributed by atoms with Crippen LogP contribution < -0.4 is 21.3 Å². The van der Waals surface area contributed by atoms with E-state index >= 15 is 0 Å². The summed E-state index contributed by atoms with van der Waals surface area (Å²) in [6.45, 7) is 6.50. The predicted molar refractivity (Wildman–Crippen MR) is 216 cm³/mol. The summed E-state index contributed by atoms with van der Waals surface area (Å²) in [5.74, 6) is -0.570. The third kappa shape index (κ3) is 11.3. The number of alkyl carbamates (subject to hydrolysis) is 1. The number of aromatic amines is 1. The molecule has 1 aromatic heterocycles. The zero-order chi connectivity index (χ0) is 41.4. The number of anilines is 1. The van der Waals surface area contributed by atoms with Gasteiger partial charge in [0.1, 0.15) is 11.6 Å². The minimum Gasteiger partial charge on any atom is -0.465 e. The Morgan fingerprint density at radius 2 is 1.66 bits per heavy atom. The number of carbonyl (C=O) groups excluding carboxylic acids is 4. The summed E-state index contributed by atoms with van der Waals surface area (Å²) in [7, 11) is 0. The molecule has 0 bridgehead atoms. The second kappa shape index (κ2) is 18.5. The lowest BCUT2D eigenvalue weighted by Crippen LogP contribution is -2.48. The Morgan fingerprint density at radius 1 is 0.948 bits per heavy atom. The van der Waals surface area contributed by atoms with Crippen molar-refractivity contribution in [2.75, 3.05) is 25.0 Å². The lowest BCUT2D eigenvalue weighted by Gasteiger charge is -2.29. The molecule has 306 valence electrons. The van der Waals surface area contributed by atoms with Crippen molar-refractivity contribution in [3.8, 4) is 22.5 Å². The van der Waals surface area contributed by atoms with Gasteiger partial charge in [-0.3, -0.25) is 14.4 Å². The highest BCUT2D eigenvalue weighted by molar-refractivity contribution is 6.33. The van der Waals surface area contributed by atoms with E-state index < -0.39 is 23.8 Å². The maximum absolute atomic E-state index is 13.8. The number of nitrogens with zero attached hydrogens (tertiary/aromatic N) is 4. The van der Waals surface area contributed by atoms with E-state index in [4.69, 9.17) is 16.3 Å². The summed E-state index contributed by atoms with van der Waals surface area (Å²) >= 11 is 6.66. The number of rotatable bonds is 12. The fourth-order valence-corrected chi connectivity index (χ4v) is 7.44. The molecule has 6 N–H and O–H groups in total. The Labute approximate surface area is 340 Å². The number of hydrogen-bond donors (Lipinski definition) is 6. The van der Waals surface area contributed by atoms with Gasteiger partial charge in [0.2, 0.25) is 17.6 Å². The lowest BCUT2D eigenvalue weighted by molar-refractivity contribution is -0.130. The number of tetrazole rings is 1. The smallest absolute Gasteiger partial charge is 0.407 e. The summed E-state index contributed by atoms with van der Waals surface area (Å²) in [5.41, 5.74) is 3.31. The Balaban J connectivity index is 1.10. The Hall–Kier alpha value is -6.03. The molecule has 58 heavy (non-hydrogen) atoms. The molecule has 6 rings (SSSR count). The van der Waals surface area contributed by atoms with Crippen LogP contribution in [0.5, 0.6) is 0 Å². The van der Waals surface area contributed by atoms with Gasteiger partial charge >= 0.3 is 12.2 Å². The van der Waals surface area contributed by atoms with Crippen LogP contribution in [0.3, 0.4) is 0 Å². The van der Waals surface area contributed by atoms with E-state index in [1.807, 2.05) is 45.0 Å². The molecule has 2 fully saturated rings. The molecule has 17 heteroatoms. The number of amides is 5. The summed E-state index contributed by atoms with van der Waals surface area (Å²) in [5, 5.41) is 35.2. The number of likely N-dealkylation sites (tertiary alicyclic amines) is 1. The minimum absolute atomic E-state index is 0.203. The van der Waals surface area contributed by atoms with Gasteiger partial charge in [0.05, 0.1) is 0 Å². The number of ether oxygens (including phenoxy) is 1. The average Bonchev–Trinajstić information content (AvgIpc) is 3.91. The van der Waals surface area contributed by atoms with E-state index in [2.05, 4.69) is 41.9 Å². The van der Waals surface area contributed by atoms with Crippen LogP contribution in [0.2, 0.25) is 5.02 Å². The van der Waals surface area contributed by atoms with Crippen LogP contribution in [-0.2, 0) is 20.7 Å². The first-order valence-corrected chi connectivity index (χ1v) is 19.7. The summed E-state index contributed by atoms with van der Waals surface area (Å²) in [6.07, 6.45) is 2.02. The maximum Gasteiger partial charge on any atom is 0.407 e. The van der Waals surface area contributed by atoms with E-state index in [1.54, 1.807) is 42.5 Å². The van der Waals surface area contributed by atoms with Gasteiger partial charge in [-0.2, -0.15) is 5.21 Å². The van der Waals surface area contributed by atoms with Crippen molar-refractivity contribution in [3.63, 3.8) is 0 Å². The standard InChI is InChI=1S/C41H48ClN9O7/c1-41(2,3)58-39(55)43-22-25-6-10-28(11-7-25)36(52)46-34(38(54)44-30-15-12-27(13-16-30)35-47-49-50-48-35)20-24-4-8-26(9-5-24)32-17-14-29(21-33(32)42)37(53)45-31-18-19-51(23-31)40(56)57/h4-5,8-9,12-17,21,25,28,31,34H,6-7,10-11,18-20,22-23H2,1-3H3,(H,43,55)(H,44,54)(H,45,53)(H,46,52)(H,56,57)(H,47,48,49,50)/t25-,28-,31-,34-/m0/s1. The number of H-pyrrole nitrogens is 1. The van der Waals surface area contributed by atoms with Gasteiger partial charge in [0, 0.05) is 65.4 Å². The quantitative estimate of drug-likeness (QED) is 0.103. The van der Waals surface area contributed by atoms with Crippen LogP contribution in [0.15, 0.2) is 66.7 Å². The molecule has 1 saturated carbocycles. The second-order valence-corrected chi connectivity index (χ2v) is 16.2. The van der Waals surface area contributed by atoms with Gasteiger partial charge in [-0.25, -0.2) is 9.59 Å². The van der Waals surface area contributed by atoms with Crippen LogP contribution in [0, 0.1) is 11.8 Å². The van der Waals surface area contributed by atoms with Crippen LogP contribution in [-0.4, -0.2) is 97.9 Å². The van der Waals surface area contributed by atoms with Crippen molar-refractivity contribution in [1.82, 2.24) is 41.5 Å². The fourth-order valence-electron chi connectivity index (χ4n) is 7.15. The first-order valence-electron chi connectivity index (χ1n) is 19.3. The second-order valence-electron chi connectivity index (χ2n) is 15.7.